The second-order valence-corrected chi connectivity index (χ2v) is 9.22. The van der Waals surface area contributed by atoms with Gasteiger partial charge < -0.3 is 10.0 Å². The van der Waals surface area contributed by atoms with Crippen molar-refractivity contribution in [2.75, 3.05) is 13.1 Å². The maximum absolute atomic E-state index is 13.3. The standard InChI is InChI=1S/C24H25F2N7O3/c1-16(32-9-6-20(26)29-32)12-21(34)30-10-7-24(36,8-11-30)14-31-15-27-22-19(23(31)35)13-28-33(22)18-4-2-17(25)3-5-18/h2-6,9,13,15-16,36H,7-8,10-12,14H2,1H3/t16-/m0/s1. The van der Waals surface area contributed by atoms with Crippen molar-refractivity contribution in [1.82, 2.24) is 34.0 Å². The number of halogens is 2. The Kier molecular flexibility index (Phi) is 6.12. The highest BCUT2D eigenvalue weighted by atomic mass is 19.1. The summed E-state index contributed by atoms with van der Waals surface area (Å²) in [5.41, 5.74) is -0.625. The summed E-state index contributed by atoms with van der Waals surface area (Å²) in [6.45, 7) is 2.49. The van der Waals surface area contributed by atoms with Crippen LogP contribution in [0.1, 0.15) is 32.2 Å². The summed E-state index contributed by atoms with van der Waals surface area (Å²) in [6.07, 6.45) is 5.02. The van der Waals surface area contributed by atoms with E-state index in [0.29, 0.717) is 37.3 Å². The third-order valence-corrected chi connectivity index (χ3v) is 6.63. The number of hydrogen-bond acceptors (Lipinski definition) is 6. The predicted octanol–water partition coefficient (Wildman–Crippen LogP) is 2.06. The molecular weight excluding hydrogens is 472 g/mol. The Bertz CT molecular complexity index is 1450. The van der Waals surface area contributed by atoms with E-state index in [1.807, 2.05) is 0 Å². The van der Waals surface area contributed by atoms with Crippen LogP contribution in [0.3, 0.4) is 0 Å². The molecule has 1 aliphatic rings. The molecule has 1 aliphatic heterocycles. The number of benzene rings is 1. The van der Waals surface area contributed by atoms with E-state index in [0.717, 1.165) is 0 Å². The Morgan fingerprint density at radius 2 is 1.89 bits per heavy atom. The molecule has 3 aromatic heterocycles. The van der Waals surface area contributed by atoms with Crippen molar-refractivity contribution in [2.45, 2.75) is 44.4 Å². The summed E-state index contributed by atoms with van der Waals surface area (Å²) in [5, 5.41) is 19.4. The minimum Gasteiger partial charge on any atom is -0.388 e. The number of carbonyl (C=O) groups excluding carboxylic acids is 1. The molecule has 1 amide bonds. The molecule has 1 fully saturated rings. The zero-order valence-corrected chi connectivity index (χ0v) is 19.6. The van der Waals surface area contributed by atoms with Gasteiger partial charge in [0, 0.05) is 31.8 Å². The molecule has 1 atom stereocenters. The van der Waals surface area contributed by atoms with Crippen LogP contribution in [0.25, 0.3) is 16.7 Å². The van der Waals surface area contributed by atoms with E-state index in [9.17, 15) is 23.5 Å². The third-order valence-electron chi connectivity index (χ3n) is 6.63. The summed E-state index contributed by atoms with van der Waals surface area (Å²) in [6, 6.07) is 6.63. The normalized spacial score (nSPS) is 16.4. The van der Waals surface area contributed by atoms with Gasteiger partial charge in [0.05, 0.1) is 30.1 Å². The Morgan fingerprint density at radius 3 is 2.56 bits per heavy atom. The molecular formula is C24H25F2N7O3. The second-order valence-electron chi connectivity index (χ2n) is 9.22. The number of aliphatic hydroxyl groups is 1. The third kappa shape index (κ3) is 4.63. The molecule has 1 saturated heterocycles. The van der Waals surface area contributed by atoms with Gasteiger partial charge in [-0.05, 0) is 44.0 Å². The van der Waals surface area contributed by atoms with Gasteiger partial charge in [-0.25, -0.2) is 14.1 Å². The number of piperidine rings is 1. The van der Waals surface area contributed by atoms with Crippen molar-refractivity contribution in [3.05, 3.63) is 71.2 Å². The fourth-order valence-electron chi connectivity index (χ4n) is 4.52. The fourth-order valence-corrected chi connectivity index (χ4v) is 4.52. The van der Waals surface area contributed by atoms with Crippen LogP contribution in [0.5, 0.6) is 0 Å². The first-order chi connectivity index (χ1) is 17.2. The van der Waals surface area contributed by atoms with Gasteiger partial charge in [-0.1, -0.05) is 0 Å². The maximum Gasteiger partial charge on any atom is 0.264 e. The van der Waals surface area contributed by atoms with E-state index in [-0.39, 0.29) is 41.7 Å². The van der Waals surface area contributed by atoms with Crippen LogP contribution in [0.15, 0.2) is 53.8 Å². The molecule has 0 radical (unpaired) electrons. The minimum atomic E-state index is -1.18. The fraction of sp³-hybridized carbons (Fsp3) is 0.375. The predicted molar refractivity (Wildman–Crippen MR) is 125 cm³/mol. The van der Waals surface area contributed by atoms with Crippen molar-refractivity contribution in [2.24, 2.45) is 0 Å². The Labute approximate surface area is 204 Å². The molecule has 1 N–H and O–H groups in total. The van der Waals surface area contributed by atoms with Crippen molar-refractivity contribution in [3.8, 4) is 5.69 Å². The van der Waals surface area contributed by atoms with Gasteiger partial charge in [0.1, 0.15) is 17.5 Å². The SMILES string of the molecule is C[C@@H](CC(=O)N1CCC(O)(Cn2cnc3c(cnn3-c3ccc(F)cc3)c2=O)CC1)n1ccc(F)n1. The molecule has 5 rings (SSSR count). The van der Waals surface area contributed by atoms with Crippen molar-refractivity contribution in [3.63, 3.8) is 0 Å². The zero-order valence-electron chi connectivity index (χ0n) is 19.6. The molecule has 4 aromatic rings. The number of amides is 1. The van der Waals surface area contributed by atoms with E-state index in [4.69, 9.17) is 0 Å². The van der Waals surface area contributed by atoms with E-state index in [2.05, 4.69) is 15.2 Å². The highest BCUT2D eigenvalue weighted by Crippen LogP contribution is 2.25. The quantitative estimate of drug-likeness (QED) is 0.437. The lowest BCUT2D eigenvalue weighted by Crippen LogP contribution is -2.49. The van der Waals surface area contributed by atoms with E-state index in [1.165, 1.54) is 50.9 Å². The first kappa shape index (κ1) is 23.8. The molecule has 0 bridgehead atoms. The molecule has 36 heavy (non-hydrogen) atoms. The lowest BCUT2D eigenvalue weighted by Gasteiger charge is -2.38. The van der Waals surface area contributed by atoms with Gasteiger partial charge in [0.15, 0.2) is 5.65 Å². The van der Waals surface area contributed by atoms with Gasteiger partial charge in [-0.3, -0.25) is 18.8 Å². The van der Waals surface area contributed by atoms with Gasteiger partial charge in [-0.15, -0.1) is 5.10 Å². The molecule has 10 nitrogen and oxygen atoms in total. The van der Waals surface area contributed by atoms with Crippen LogP contribution in [-0.2, 0) is 11.3 Å². The summed E-state index contributed by atoms with van der Waals surface area (Å²) in [7, 11) is 0. The van der Waals surface area contributed by atoms with Crippen molar-refractivity contribution in [1.29, 1.82) is 0 Å². The average molecular weight is 498 g/mol. The summed E-state index contributed by atoms with van der Waals surface area (Å²) in [4.78, 5) is 31.8. The average Bonchev–Trinajstić information content (AvgIpc) is 3.49. The van der Waals surface area contributed by atoms with Crippen LogP contribution < -0.4 is 5.56 Å². The van der Waals surface area contributed by atoms with Crippen molar-refractivity contribution < 1.29 is 18.7 Å². The van der Waals surface area contributed by atoms with E-state index >= 15 is 0 Å². The number of hydrogen-bond donors (Lipinski definition) is 1. The van der Waals surface area contributed by atoms with Gasteiger partial charge in [0.2, 0.25) is 11.9 Å². The first-order valence-electron chi connectivity index (χ1n) is 11.6. The van der Waals surface area contributed by atoms with Crippen LogP contribution in [0, 0.1) is 11.8 Å². The molecule has 4 heterocycles. The molecule has 1 aromatic carbocycles. The van der Waals surface area contributed by atoms with Crippen LogP contribution in [0.4, 0.5) is 8.78 Å². The molecule has 188 valence electrons. The van der Waals surface area contributed by atoms with E-state index < -0.39 is 11.5 Å². The summed E-state index contributed by atoms with van der Waals surface area (Å²) >= 11 is 0. The van der Waals surface area contributed by atoms with Crippen LogP contribution in [0.2, 0.25) is 0 Å². The minimum absolute atomic E-state index is 0.0293. The lowest BCUT2D eigenvalue weighted by atomic mass is 9.91. The molecule has 0 spiro atoms. The number of likely N-dealkylation sites (tertiary alicyclic amines) is 1. The highest BCUT2D eigenvalue weighted by Gasteiger charge is 2.35. The highest BCUT2D eigenvalue weighted by molar-refractivity contribution is 5.77. The van der Waals surface area contributed by atoms with Crippen molar-refractivity contribution >= 4 is 16.9 Å². The monoisotopic (exact) mass is 497 g/mol. The Morgan fingerprint density at radius 1 is 1.17 bits per heavy atom. The molecule has 0 aliphatic carbocycles. The number of fused-ring (bicyclic) bond motifs is 1. The number of carbonyl (C=O) groups is 1. The second kappa shape index (κ2) is 9.26. The Balaban J connectivity index is 1.25. The van der Waals surface area contributed by atoms with E-state index in [1.54, 1.807) is 24.0 Å². The van der Waals surface area contributed by atoms with Gasteiger partial charge in [0.25, 0.3) is 5.56 Å². The van der Waals surface area contributed by atoms with Crippen LogP contribution in [-0.4, -0.2) is 63.7 Å². The topological polar surface area (TPSA) is 111 Å². The van der Waals surface area contributed by atoms with Gasteiger partial charge >= 0.3 is 0 Å². The first-order valence-corrected chi connectivity index (χ1v) is 11.6. The largest absolute Gasteiger partial charge is 0.388 e. The summed E-state index contributed by atoms with van der Waals surface area (Å²) < 4.78 is 30.6. The number of rotatable bonds is 6. The summed E-state index contributed by atoms with van der Waals surface area (Å²) in [5.74, 6) is -1.08. The smallest absolute Gasteiger partial charge is 0.264 e. The Hall–Kier alpha value is -3.93. The molecule has 12 heteroatoms. The molecule has 0 unspecified atom stereocenters. The molecule has 0 saturated carbocycles. The number of nitrogens with zero attached hydrogens (tertiary/aromatic N) is 7. The lowest BCUT2D eigenvalue weighted by molar-refractivity contribution is -0.136. The maximum atomic E-state index is 13.3. The van der Waals surface area contributed by atoms with Crippen LogP contribution >= 0.6 is 0 Å². The zero-order chi connectivity index (χ0) is 25.4. The number of aromatic nitrogens is 6. The van der Waals surface area contributed by atoms with Gasteiger partial charge in [-0.2, -0.15) is 9.49 Å².